The summed E-state index contributed by atoms with van der Waals surface area (Å²) in [7, 11) is 1.49. The van der Waals surface area contributed by atoms with Crippen molar-refractivity contribution in [1.29, 1.82) is 5.26 Å². The van der Waals surface area contributed by atoms with E-state index >= 15 is 0 Å². The summed E-state index contributed by atoms with van der Waals surface area (Å²) < 4.78 is 17.4. The Kier molecular flexibility index (Phi) is 6.44. The fraction of sp³-hybridized carbons (Fsp3) is 0.286. The Balaban J connectivity index is 2.10. The van der Waals surface area contributed by atoms with E-state index in [1.807, 2.05) is 6.07 Å². The van der Waals surface area contributed by atoms with Gasteiger partial charge in [-0.1, -0.05) is 6.07 Å². The molecule has 1 atom stereocenters. The number of nitrogens with two attached hydrogens (primary N) is 1. The zero-order chi connectivity index (χ0) is 23.4. The highest BCUT2D eigenvalue weighted by atomic mass is 16.6. The molecule has 2 N–H and O–H groups in total. The van der Waals surface area contributed by atoms with Crippen molar-refractivity contribution in [2.45, 2.75) is 26.3 Å². The van der Waals surface area contributed by atoms with Crippen molar-refractivity contribution in [3.63, 3.8) is 0 Å². The molecule has 1 unspecified atom stereocenters. The summed E-state index contributed by atoms with van der Waals surface area (Å²) in [6.07, 6.45) is 1.48. The van der Waals surface area contributed by atoms with Gasteiger partial charge in [-0.25, -0.2) is 4.79 Å². The Morgan fingerprint density at radius 1 is 1.44 bits per heavy atom. The maximum atomic E-state index is 12.7. The summed E-state index contributed by atoms with van der Waals surface area (Å²) in [5, 5.41) is 24.6. The van der Waals surface area contributed by atoms with Gasteiger partial charge in [-0.3, -0.25) is 0 Å². The van der Waals surface area contributed by atoms with E-state index in [0.717, 1.165) is 0 Å². The Morgan fingerprint density at radius 3 is 2.78 bits per heavy atom. The third-order valence-corrected chi connectivity index (χ3v) is 4.88. The predicted octanol–water partition coefficient (Wildman–Crippen LogP) is 2.49. The fourth-order valence-electron chi connectivity index (χ4n) is 3.50. The van der Waals surface area contributed by atoms with Gasteiger partial charge in [0.1, 0.15) is 23.2 Å². The van der Waals surface area contributed by atoms with E-state index in [1.165, 1.54) is 24.1 Å². The van der Waals surface area contributed by atoms with Gasteiger partial charge in [0, 0.05) is 5.56 Å². The van der Waals surface area contributed by atoms with Crippen molar-refractivity contribution in [2.24, 2.45) is 5.73 Å². The van der Waals surface area contributed by atoms with E-state index in [2.05, 4.69) is 5.10 Å². The third-order valence-electron chi connectivity index (χ3n) is 4.88. The highest BCUT2D eigenvalue weighted by Gasteiger charge is 2.36. The maximum absolute atomic E-state index is 12.7. The van der Waals surface area contributed by atoms with Crippen LogP contribution in [-0.2, 0) is 20.8 Å². The molecule has 11 heteroatoms. The molecule has 0 fully saturated rings. The van der Waals surface area contributed by atoms with Crippen molar-refractivity contribution in [3.8, 4) is 11.8 Å². The van der Waals surface area contributed by atoms with E-state index in [-0.39, 0.29) is 41.8 Å². The normalized spacial score (nSPS) is 15.8. The van der Waals surface area contributed by atoms with Gasteiger partial charge in [-0.15, -0.1) is 0 Å². The van der Waals surface area contributed by atoms with Crippen LogP contribution in [0.3, 0.4) is 0 Å². The van der Waals surface area contributed by atoms with Crippen LogP contribution in [0.4, 0.5) is 5.82 Å². The van der Waals surface area contributed by atoms with E-state index in [9.17, 15) is 20.2 Å². The summed E-state index contributed by atoms with van der Waals surface area (Å²) in [5.41, 5.74) is 7.39. The van der Waals surface area contributed by atoms with E-state index in [0.29, 0.717) is 16.9 Å². The lowest BCUT2D eigenvalue weighted by atomic mass is 9.82. The van der Waals surface area contributed by atoms with Crippen molar-refractivity contribution < 1.29 is 23.9 Å². The lowest BCUT2D eigenvalue weighted by Crippen LogP contribution is -2.25. The van der Waals surface area contributed by atoms with Gasteiger partial charge in [0.15, 0.2) is 0 Å². The van der Waals surface area contributed by atoms with Gasteiger partial charge in [-0.05, 0) is 36.5 Å². The third kappa shape index (κ3) is 4.24. The van der Waals surface area contributed by atoms with Gasteiger partial charge in [0.05, 0.1) is 49.1 Å². The maximum Gasteiger partial charge on any atom is 0.389 e. The molecule has 166 valence electrons. The summed E-state index contributed by atoms with van der Waals surface area (Å²) in [6, 6.07) is 8.44. The SMILES string of the molecule is CCOC(=O)C1=C(C)OC(N)=C(C#N)C1c1ccc(OC)c(Cn2ccc([N+](=O)[O-])n2)c1. The summed E-state index contributed by atoms with van der Waals surface area (Å²) in [6.45, 7) is 3.56. The molecule has 0 saturated carbocycles. The number of carbonyl (C=O) groups is 1. The smallest absolute Gasteiger partial charge is 0.389 e. The zero-order valence-corrected chi connectivity index (χ0v) is 17.7. The molecule has 32 heavy (non-hydrogen) atoms. The highest BCUT2D eigenvalue weighted by Crippen LogP contribution is 2.40. The molecule has 0 spiro atoms. The molecule has 3 rings (SSSR count). The van der Waals surface area contributed by atoms with Crippen molar-refractivity contribution in [2.75, 3.05) is 13.7 Å². The minimum absolute atomic E-state index is 0.0736. The Morgan fingerprint density at radius 2 is 2.19 bits per heavy atom. The fourth-order valence-corrected chi connectivity index (χ4v) is 3.50. The molecular weight excluding hydrogens is 418 g/mol. The summed E-state index contributed by atoms with van der Waals surface area (Å²) >= 11 is 0. The Labute approximate surface area is 183 Å². The first-order chi connectivity index (χ1) is 15.3. The number of allylic oxidation sites excluding steroid dienone is 2. The number of benzene rings is 1. The standard InChI is InChI=1S/C21H21N5O6/c1-4-31-21(27)18-12(2)32-20(23)15(10-22)19(18)13-5-6-16(30-3)14(9-13)11-25-8-7-17(24-25)26(28)29/h5-9,19H,4,11,23H2,1-3H3. The van der Waals surface area contributed by atoms with Crippen LogP contribution < -0.4 is 10.5 Å². The summed E-state index contributed by atoms with van der Waals surface area (Å²) in [5.74, 6) is -1.06. The lowest BCUT2D eigenvalue weighted by Gasteiger charge is -2.27. The first kappa shape index (κ1) is 22.4. The Hall–Kier alpha value is -4.33. The molecule has 0 radical (unpaired) electrons. The second-order valence-electron chi connectivity index (χ2n) is 6.82. The summed E-state index contributed by atoms with van der Waals surface area (Å²) in [4.78, 5) is 23.0. The van der Waals surface area contributed by atoms with Crippen LogP contribution >= 0.6 is 0 Å². The topological polar surface area (TPSA) is 156 Å². The second kappa shape index (κ2) is 9.22. The number of nitro groups is 1. The molecule has 1 aliphatic rings. The quantitative estimate of drug-likeness (QED) is 0.389. The number of hydrogen-bond acceptors (Lipinski definition) is 9. The Bertz CT molecular complexity index is 1170. The van der Waals surface area contributed by atoms with Gasteiger partial charge >= 0.3 is 11.8 Å². The number of hydrogen-bond donors (Lipinski definition) is 1. The number of nitriles is 1. The zero-order valence-electron chi connectivity index (χ0n) is 17.7. The van der Waals surface area contributed by atoms with Crippen LogP contribution in [0.1, 0.15) is 30.9 Å². The average molecular weight is 439 g/mol. The molecule has 2 heterocycles. The largest absolute Gasteiger partial charge is 0.496 e. The molecular formula is C21H21N5O6. The lowest BCUT2D eigenvalue weighted by molar-refractivity contribution is -0.389. The number of aromatic nitrogens is 2. The molecule has 2 aromatic rings. The molecule has 1 aromatic carbocycles. The van der Waals surface area contributed by atoms with E-state index in [1.54, 1.807) is 32.0 Å². The molecule has 0 bridgehead atoms. The van der Waals surface area contributed by atoms with Crippen LogP contribution in [-0.4, -0.2) is 34.4 Å². The molecule has 11 nitrogen and oxygen atoms in total. The molecule has 0 amide bonds. The van der Waals surface area contributed by atoms with Crippen LogP contribution in [0.25, 0.3) is 0 Å². The van der Waals surface area contributed by atoms with Crippen molar-refractivity contribution in [1.82, 2.24) is 9.78 Å². The molecule has 0 saturated heterocycles. The number of nitrogens with zero attached hydrogens (tertiary/aromatic N) is 4. The first-order valence-corrected chi connectivity index (χ1v) is 9.60. The second-order valence-corrected chi connectivity index (χ2v) is 6.82. The van der Waals surface area contributed by atoms with E-state index in [4.69, 9.17) is 19.9 Å². The molecule has 1 aromatic heterocycles. The average Bonchev–Trinajstić information content (AvgIpc) is 3.22. The number of methoxy groups -OCH3 is 1. The highest BCUT2D eigenvalue weighted by molar-refractivity contribution is 5.92. The van der Waals surface area contributed by atoms with E-state index < -0.39 is 16.8 Å². The van der Waals surface area contributed by atoms with Crippen molar-refractivity contribution in [3.05, 3.63) is 74.5 Å². The van der Waals surface area contributed by atoms with Crippen LogP contribution in [0.2, 0.25) is 0 Å². The minimum atomic E-state index is -0.815. The van der Waals surface area contributed by atoms with Gasteiger partial charge < -0.3 is 30.1 Å². The van der Waals surface area contributed by atoms with Gasteiger partial charge in [0.25, 0.3) is 0 Å². The van der Waals surface area contributed by atoms with Crippen LogP contribution in [0.5, 0.6) is 5.75 Å². The number of rotatable bonds is 7. The van der Waals surface area contributed by atoms with Gasteiger partial charge in [-0.2, -0.15) is 9.94 Å². The monoisotopic (exact) mass is 439 g/mol. The van der Waals surface area contributed by atoms with Crippen LogP contribution in [0.15, 0.2) is 53.3 Å². The van der Waals surface area contributed by atoms with Crippen molar-refractivity contribution >= 4 is 11.8 Å². The molecule has 1 aliphatic heterocycles. The minimum Gasteiger partial charge on any atom is -0.496 e. The van der Waals surface area contributed by atoms with Gasteiger partial charge in [0.2, 0.25) is 5.88 Å². The molecule has 0 aliphatic carbocycles. The number of carbonyl (C=O) groups excluding carboxylic acids is 1. The first-order valence-electron chi connectivity index (χ1n) is 9.60. The number of esters is 1. The number of ether oxygens (including phenoxy) is 3. The van der Waals surface area contributed by atoms with Crippen LogP contribution in [0, 0.1) is 21.4 Å². The predicted molar refractivity (Wildman–Crippen MR) is 111 cm³/mol.